The molecular formula is C16H21N3O. The predicted octanol–water partition coefficient (Wildman–Crippen LogP) is 2.84. The third-order valence-corrected chi connectivity index (χ3v) is 3.85. The van der Waals surface area contributed by atoms with Crippen LogP contribution in [-0.4, -0.2) is 23.1 Å². The third kappa shape index (κ3) is 2.90. The van der Waals surface area contributed by atoms with Crippen molar-refractivity contribution in [2.24, 2.45) is 5.92 Å². The summed E-state index contributed by atoms with van der Waals surface area (Å²) >= 11 is 0. The summed E-state index contributed by atoms with van der Waals surface area (Å²) in [5.74, 6) is 2.17. The number of fused-ring (bicyclic) bond motifs is 1. The standard InChI is InChI=1S/C16H21N3O/c1-2-7-17-10-12-5-6-14-13(9-12)11-18-16(19-14)15-4-3-8-20-15/h3-4,8,11-12,17H,2,5-7,9-10H2,1H3. The van der Waals surface area contributed by atoms with E-state index in [2.05, 4.69) is 22.2 Å². The van der Waals surface area contributed by atoms with E-state index in [-0.39, 0.29) is 0 Å². The lowest BCUT2D eigenvalue weighted by Crippen LogP contribution is -2.28. The molecule has 1 aliphatic rings. The fourth-order valence-corrected chi connectivity index (χ4v) is 2.76. The number of aromatic nitrogens is 2. The lowest BCUT2D eigenvalue weighted by molar-refractivity contribution is 0.420. The highest BCUT2D eigenvalue weighted by atomic mass is 16.3. The van der Waals surface area contributed by atoms with Crippen LogP contribution >= 0.6 is 0 Å². The Labute approximate surface area is 119 Å². The van der Waals surface area contributed by atoms with Gasteiger partial charge >= 0.3 is 0 Å². The first-order valence-electron chi connectivity index (χ1n) is 7.46. The molecule has 1 N–H and O–H groups in total. The van der Waals surface area contributed by atoms with Crippen LogP contribution in [0.4, 0.5) is 0 Å². The second kappa shape index (κ2) is 6.18. The van der Waals surface area contributed by atoms with Crippen LogP contribution in [0, 0.1) is 5.92 Å². The Hall–Kier alpha value is -1.68. The zero-order valence-corrected chi connectivity index (χ0v) is 11.9. The maximum Gasteiger partial charge on any atom is 0.195 e. The van der Waals surface area contributed by atoms with Gasteiger partial charge in [-0.3, -0.25) is 0 Å². The van der Waals surface area contributed by atoms with Crippen molar-refractivity contribution in [2.75, 3.05) is 13.1 Å². The van der Waals surface area contributed by atoms with E-state index in [9.17, 15) is 0 Å². The van der Waals surface area contributed by atoms with Crippen molar-refractivity contribution in [1.82, 2.24) is 15.3 Å². The van der Waals surface area contributed by atoms with Gasteiger partial charge in [0.15, 0.2) is 11.6 Å². The molecule has 2 aromatic rings. The Morgan fingerprint density at radius 2 is 2.40 bits per heavy atom. The van der Waals surface area contributed by atoms with Gasteiger partial charge in [-0.2, -0.15) is 0 Å². The van der Waals surface area contributed by atoms with E-state index in [1.807, 2.05) is 18.3 Å². The molecule has 0 radical (unpaired) electrons. The molecule has 20 heavy (non-hydrogen) atoms. The molecule has 3 rings (SSSR count). The Morgan fingerprint density at radius 3 is 3.20 bits per heavy atom. The quantitative estimate of drug-likeness (QED) is 0.850. The molecule has 0 bridgehead atoms. The van der Waals surface area contributed by atoms with Crippen LogP contribution in [0.1, 0.15) is 31.0 Å². The van der Waals surface area contributed by atoms with Gasteiger partial charge in [0.05, 0.1) is 6.26 Å². The van der Waals surface area contributed by atoms with Crippen molar-refractivity contribution in [3.8, 4) is 11.6 Å². The minimum Gasteiger partial charge on any atom is -0.461 e. The van der Waals surface area contributed by atoms with Gasteiger partial charge in [0.2, 0.25) is 0 Å². The van der Waals surface area contributed by atoms with E-state index < -0.39 is 0 Å². The summed E-state index contributed by atoms with van der Waals surface area (Å²) in [7, 11) is 0. The number of aryl methyl sites for hydroxylation is 1. The summed E-state index contributed by atoms with van der Waals surface area (Å²) in [6.45, 7) is 4.41. The molecule has 1 unspecified atom stereocenters. The average molecular weight is 271 g/mol. The smallest absolute Gasteiger partial charge is 0.195 e. The van der Waals surface area contributed by atoms with Gasteiger partial charge in [0.1, 0.15) is 0 Å². The normalized spacial score (nSPS) is 17.9. The average Bonchev–Trinajstić information content (AvgIpc) is 3.01. The summed E-state index contributed by atoms with van der Waals surface area (Å²) < 4.78 is 5.36. The highest BCUT2D eigenvalue weighted by Gasteiger charge is 2.20. The first-order valence-corrected chi connectivity index (χ1v) is 7.46. The molecule has 0 aromatic carbocycles. The lowest BCUT2D eigenvalue weighted by Gasteiger charge is -2.24. The largest absolute Gasteiger partial charge is 0.461 e. The maximum atomic E-state index is 5.36. The van der Waals surface area contributed by atoms with Gasteiger partial charge in [-0.15, -0.1) is 0 Å². The second-order valence-electron chi connectivity index (χ2n) is 5.46. The number of rotatable bonds is 5. The molecule has 0 saturated carbocycles. The highest BCUT2D eigenvalue weighted by molar-refractivity contribution is 5.47. The molecule has 0 spiro atoms. The molecule has 0 amide bonds. The summed E-state index contributed by atoms with van der Waals surface area (Å²) in [6.07, 6.45) is 8.17. The van der Waals surface area contributed by atoms with Gasteiger partial charge in [-0.25, -0.2) is 9.97 Å². The molecule has 1 aliphatic carbocycles. The minimum absolute atomic E-state index is 0.705. The first-order chi connectivity index (χ1) is 9.86. The van der Waals surface area contributed by atoms with Crippen LogP contribution in [0.5, 0.6) is 0 Å². The number of nitrogens with zero attached hydrogens (tertiary/aromatic N) is 2. The second-order valence-corrected chi connectivity index (χ2v) is 5.46. The van der Waals surface area contributed by atoms with Gasteiger partial charge in [0.25, 0.3) is 0 Å². The molecule has 0 fully saturated rings. The molecule has 2 aromatic heterocycles. The predicted molar refractivity (Wildman–Crippen MR) is 78.4 cm³/mol. The SMILES string of the molecule is CCCNCC1CCc2nc(-c3ccco3)ncc2C1. The van der Waals surface area contributed by atoms with E-state index in [1.54, 1.807) is 6.26 Å². The maximum absolute atomic E-state index is 5.36. The van der Waals surface area contributed by atoms with E-state index >= 15 is 0 Å². The molecule has 0 aliphatic heterocycles. The van der Waals surface area contributed by atoms with Crippen LogP contribution in [-0.2, 0) is 12.8 Å². The summed E-state index contributed by atoms with van der Waals surface area (Å²) in [6, 6.07) is 3.77. The lowest BCUT2D eigenvalue weighted by atomic mass is 9.87. The van der Waals surface area contributed by atoms with Gasteiger partial charge < -0.3 is 9.73 Å². The molecule has 2 heterocycles. The van der Waals surface area contributed by atoms with Crippen molar-refractivity contribution in [2.45, 2.75) is 32.6 Å². The number of nitrogens with one attached hydrogen (secondary N) is 1. The summed E-state index contributed by atoms with van der Waals surface area (Å²) in [5, 5.41) is 3.51. The van der Waals surface area contributed by atoms with Gasteiger partial charge in [-0.1, -0.05) is 6.92 Å². The minimum atomic E-state index is 0.705. The topological polar surface area (TPSA) is 51.0 Å². The molecular weight excluding hydrogens is 250 g/mol. The fraction of sp³-hybridized carbons (Fsp3) is 0.500. The number of furan rings is 1. The fourth-order valence-electron chi connectivity index (χ4n) is 2.76. The van der Waals surface area contributed by atoms with Crippen LogP contribution < -0.4 is 5.32 Å². The zero-order chi connectivity index (χ0) is 13.8. The number of hydrogen-bond acceptors (Lipinski definition) is 4. The molecule has 106 valence electrons. The van der Waals surface area contributed by atoms with Crippen molar-refractivity contribution < 1.29 is 4.42 Å². The van der Waals surface area contributed by atoms with E-state index in [4.69, 9.17) is 4.42 Å². The van der Waals surface area contributed by atoms with Crippen molar-refractivity contribution >= 4 is 0 Å². The Kier molecular flexibility index (Phi) is 4.11. The zero-order valence-electron chi connectivity index (χ0n) is 11.9. The molecule has 4 nitrogen and oxygen atoms in total. The van der Waals surface area contributed by atoms with Crippen molar-refractivity contribution in [3.63, 3.8) is 0 Å². The van der Waals surface area contributed by atoms with E-state index in [0.717, 1.165) is 31.7 Å². The molecule has 4 heteroatoms. The Morgan fingerprint density at radius 1 is 1.45 bits per heavy atom. The first kappa shape index (κ1) is 13.3. The number of hydrogen-bond donors (Lipinski definition) is 1. The van der Waals surface area contributed by atoms with Crippen LogP contribution in [0.3, 0.4) is 0 Å². The van der Waals surface area contributed by atoms with Crippen LogP contribution in [0.2, 0.25) is 0 Å². The van der Waals surface area contributed by atoms with E-state index in [1.165, 1.54) is 24.1 Å². The Bertz CT molecular complexity index is 551. The highest BCUT2D eigenvalue weighted by Crippen LogP contribution is 2.25. The summed E-state index contributed by atoms with van der Waals surface area (Å²) in [5.41, 5.74) is 2.49. The van der Waals surface area contributed by atoms with E-state index in [0.29, 0.717) is 11.7 Å². The third-order valence-electron chi connectivity index (χ3n) is 3.85. The van der Waals surface area contributed by atoms with Gasteiger partial charge in [-0.05, 0) is 62.4 Å². The Balaban J connectivity index is 1.69. The monoisotopic (exact) mass is 271 g/mol. The van der Waals surface area contributed by atoms with Crippen LogP contribution in [0.25, 0.3) is 11.6 Å². The molecule has 1 atom stereocenters. The summed E-state index contributed by atoms with van der Waals surface area (Å²) in [4.78, 5) is 9.10. The van der Waals surface area contributed by atoms with Crippen molar-refractivity contribution in [3.05, 3.63) is 35.9 Å². The van der Waals surface area contributed by atoms with Gasteiger partial charge in [0, 0.05) is 11.9 Å². The van der Waals surface area contributed by atoms with Crippen LogP contribution in [0.15, 0.2) is 29.0 Å². The van der Waals surface area contributed by atoms with Crippen molar-refractivity contribution in [1.29, 1.82) is 0 Å². The molecule has 0 saturated heterocycles.